The van der Waals surface area contributed by atoms with Crippen LogP contribution in [0, 0.1) is 0 Å². The Morgan fingerprint density at radius 3 is 2.45 bits per heavy atom. The summed E-state index contributed by atoms with van der Waals surface area (Å²) in [4.78, 5) is 0. The predicted octanol–water partition coefficient (Wildman–Crippen LogP) is 3.42. The van der Waals surface area contributed by atoms with Gasteiger partial charge in [-0.3, -0.25) is 0 Å². The van der Waals surface area contributed by atoms with Crippen LogP contribution < -0.4 is 14.8 Å². The summed E-state index contributed by atoms with van der Waals surface area (Å²) in [5, 5.41) is 3.17. The van der Waals surface area contributed by atoms with Crippen LogP contribution in [-0.2, 0) is 0 Å². The average Bonchev–Trinajstić information content (AvgIpc) is 2.48. The Bertz CT molecular complexity index is 513. The summed E-state index contributed by atoms with van der Waals surface area (Å²) in [7, 11) is 1.93. The van der Waals surface area contributed by atoms with Crippen LogP contribution in [0.15, 0.2) is 54.6 Å². The number of ether oxygens (including phenoxy) is 2. The van der Waals surface area contributed by atoms with Gasteiger partial charge in [-0.25, -0.2) is 0 Å². The molecule has 0 saturated heterocycles. The quantitative estimate of drug-likeness (QED) is 0.837. The zero-order chi connectivity index (χ0) is 14.2. The first kappa shape index (κ1) is 14.4. The molecule has 0 bridgehead atoms. The van der Waals surface area contributed by atoms with E-state index in [0.29, 0.717) is 6.61 Å². The first-order chi connectivity index (χ1) is 9.83. The summed E-state index contributed by atoms with van der Waals surface area (Å²) in [5.74, 6) is 1.65. The Balaban J connectivity index is 2.14. The van der Waals surface area contributed by atoms with Crippen LogP contribution in [-0.4, -0.2) is 20.2 Å². The van der Waals surface area contributed by atoms with Crippen LogP contribution in [0.25, 0.3) is 0 Å². The Hall–Kier alpha value is -2.00. The van der Waals surface area contributed by atoms with Gasteiger partial charge in [-0.2, -0.15) is 0 Å². The lowest BCUT2D eigenvalue weighted by atomic mass is 10.1. The van der Waals surface area contributed by atoms with E-state index in [2.05, 4.69) is 17.4 Å². The summed E-state index contributed by atoms with van der Waals surface area (Å²) < 4.78 is 11.6. The molecule has 3 heteroatoms. The van der Waals surface area contributed by atoms with Crippen LogP contribution >= 0.6 is 0 Å². The number of benzene rings is 2. The molecule has 2 aromatic carbocycles. The Kier molecular flexibility index (Phi) is 5.44. The van der Waals surface area contributed by atoms with Crippen molar-refractivity contribution in [2.24, 2.45) is 0 Å². The van der Waals surface area contributed by atoms with Gasteiger partial charge in [0.2, 0.25) is 0 Å². The second kappa shape index (κ2) is 7.56. The molecule has 3 nitrogen and oxygen atoms in total. The Morgan fingerprint density at radius 2 is 1.75 bits per heavy atom. The van der Waals surface area contributed by atoms with E-state index >= 15 is 0 Å². The maximum Gasteiger partial charge on any atom is 0.136 e. The topological polar surface area (TPSA) is 30.5 Å². The molecule has 0 fully saturated rings. The fraction of sp³-hybridized carbons (Fsp3) is 0.294. The molecule has 2 aromatic rings. The van der Waals surface area contributed by atoms with Crippen molar-refractivity contribution in [2.45, 2.75) is 13.0 Å². The van der Waals surface area contributed by atoms with Gasteiger partial charge in [-0.15, -0.1) is 0 Å². The monoisotopic (exact) mass is 271 g/mol. The van der Waals surface area contributed by atoms with Gasteiger partial charge in [0.25, 0.3) is 0 Å². The maximum absolute atomic E-state index is 6.09. The minimum Gasteiger partial charge on any atom is -0.494 e. The highest BCUT2D eigenvalue weighted by Crippen LogP contribution is 2.25. The van der Waals surface area contributed by atoms with Crippen LogP contribution in [0.1, 0.15) is 18.6 Å². The second-order valence-corrected chi connectivity index (χ2v) is 4.48. The molecule has 1 atom stereocenters. The molecule has 0 spiro atoms. The van der Waals surface area contributed by atoms with E-state index < -0.39 is 0 Å². The SMILES string of the molecule is CCOc1cccc(OC(CNC)c2ccccc2)c1. The maximum atomic E-state index is 6.09. The average molecular weight is 271 g/mol. The van der Waals surface area contributed by atoms with Gasteiger partial charge in [0.15, 0.2) is 0 Å². The van der Waals surface area contributed by atoms with Crippen molar-refractivity contribution in [3.8, 4) is 11.5 Å². The Morgan fingerprint density at radius 1 is 1.00 bits per heavy atom. The third-order valence-corrected chi connectivity index (χ3v) is 2.96. The van der Waals surface area contributed by atoms with E-state index in [4.69, 9.17) is 9.47 Å². The summed E-state index contributed by atoms with van der Waals surface area (Å²) in [6.07, 6.45) is -0.0157. The molecule has 2 rings (SSSR count). The molecule has 0 saturated carbocycles. The van der Waals surface area contributed by atoms with E-state index in [1.54, 1.807) is 0 Å². The normalized spacial score (nSPS) is 11.9. The predicted molar refractivity (Wildman–Crippen MR) is 81.3 cm³/mol. The van der Waals surface area contributed by atoms with E-state index in [-0.39, 0.29) is 6.10 Å². The third kappa shape index (κ3) is 4.00. The smallest absolute Gasteiger partial charge is 0.136 e. The van der Waals surface area contributed by atoms with Gasteiger partial charge in [0.1, 0.15) is 17.6 Å². The number of rotatable bonds is 7. The lowest BCUT2D eigenvalue weighted by Crippen LogP contribution is -2.21. The molecule has 20 heavy (non-hydrogen) atoms. The second-order valence-electron chi connectivity index (χ2n) is 4.48. The number of hydrogen-bond acceptors (Lipinski definition) is 3. The zero-order valence-electron chi connectivity index (χ0n) is 12.0. The standard InChI is InChI=1S/C17H21NO2/c1-3-19-15-10-7-11-16(12-15)20-17(13-18-2)14-8-5-4-6-9-14/h4-12,17-18H,3,13H2,1-2H3. The highest BCUT2D eigenvalue weighted by atomic mass is 16.5. The summed E-state index contributed by atoms with van der Waals surface area (Å²) in [6, 6.07) is 18.0. The number of hydrogen-bond donors (Lipinski definition) is 1. The molecule has 0 heterocycles. The first-order valence-corrected chi connectivity index (χ1v) is 6.92. The molecule has 106 valence electrons. The van der Waals surface area contributed by atoms with Gasteiger partial charge in [0.05, 0.1) is 6.61 Å². The molecule has 0 aliphatic rings. The van der Waals surface area contributed by atoms with Gasteiger partial charge in [-0.05, 0) is 31.7 Å². The van der Waals surface area contributed by atoms with Gasteiger partial charge < -0.3 is 14.8 Å². The number of likely N-dealkylation sites (N-methyl/N-ethyl adjacent to an activating group) is 1. The van der Waals surface area contributed by atoms with Crippen LogP contribution in [0.5, 0.6) is 11.5 Å². The first-order valence-electron chi connectivity index (χ1n) is 6.92. The van der Waals surface area contributed by atoms with Gasteiger partial charge in [-0.1, -0.05) is 36.4 Å². The molecule has 0 amide bonds. The van der Waals surface area contributed by atoms with Crippen molar-refractivity contribution < 1.29 is 9.47 Å². The van der Waals surface area contributed by atoms with Gasteiger partial charge >= 0.3 is 0 Å². The summed E-state index contributed by atoms with van der Waals surface area (Å²) in [6.45, 7) is 3.38. The van der Waals surface area contributed by atoms with Crippen molar-refractivity contribution >= 4 is 0 Å². The van der Waals surface area contributed by atoms with Gasteiger partial charge in [0, 0.05) is 12.6 Å². The fourth-order valence-corrected chi connectivity index (χ4v) is 2.05. The fourth-order valence-electron chi connectivity index (χ4n) is 2.05. The molecular weight excluding hydrogens is 250 g/mol. The molecule has 1 unspecified atom stereocenters. The van der Waals surface area contributed by atoms with Crippen LogP contribution in [0.4, 0.5) is 0 Å². The minimum absolute atomic E-state index is 0.0157. The molecule has 1 N–H and O–H groups in total. The molecular formula is C17H21NO2. The number of nitrogens with one attached hydrogen (secondary N) is 1. The summed E-state index contributed by atoms with van der Waals surface area (Å²) >= 11 is 0. The van der Waals surface area contributed by atoms with E-state index in [0.717, 1.165) is 23.6 Å². The lowest BCUT2D eigenvalue weighted by molar-refractivity contribution is 0.203. The minimum atomic E-state index is -0.0157. The lowest BCUT2D eigenvalue weighted by Gasteiger charge is -2.19. The zero-order valence-corrected chi connectivity index (χ0v) is 12.0. The van der Waals surface area contributed by atoms with Crippen molar-refractivity contribution in [2.75, 3.05) is 20.2 Å². The molecule has 0 aliphatic heterocycles. The van der Waals surface area contributed by atoms with Crippen LogP contribution in [0.2, 0.25) is 0 Å². The third-order valence-electron chi connectivity index (χ3n) is 2.96. The molecule has 0 aromatic heterocycles. The van der Waals surface area contributed by atoms with Crippen molar-refractivity contribution in [3.63, 3.8) is 0 Å². The summed E-state index contributed by atoms with van der Waals surface area (Å²) in [5.41, 5.74) is 1.16. The van der Waals surface area contributed by atoms with Crippen molar-refractivity contribution in [1.82, 2.24) is 5.32 Å². The van der Waals surface area contributed by atoms with Crippen molar-refractivity contribution in [1.29, 1.82) is 0 Å². The van der Waals surface area contributed by atoms with Crippen molar-refractivity contribution in [3.05, 3.63) is 60.2 Å². The highest BCUT2D eigenvalue weighted by Gasteiger charge is 2.12. The largest absolute Gasteiger partial charge is 0.494 e. The van der Waals surface area contributed by atoms with E-state index in [9.17, 15) is 0 Å². The Labute approximate surface area is 120 Å². The highest BCUT2D eigenvalue weighted by molar-refractivity contribution is 5.33. The van der Waals surface area contributed by atoms with E-state index in [1.807, 2.05) is 56.4 Å². The molecule has 0 aliphatic carbocycles. The van der Waals surface area contributed by atoms with E-state index in [1.165, 1.54) is 0 Å². The molecule has 0 radical (unpaired) electrons. The van der Waals surface area contributed by atoms with Crippen LogP contribution in [0.3, 0.4) is 0 Å².